The third-order valence-corrected chi connectivity index (χ3v) is 4.41. The van der Waals surface area contributed by atoms with Crippen LogP contribution in [0.2, 0.25) is 0 Å². The molecule has 74 valence electrons. The number of piperidine rings is 1. The van der Waals surface area contributed by atoms with Gasteiger partial charge in [-0.25, -0.2) is 0 Å². The van der Waals surface area contributed by atoms with Crippen LogP contribution in [0.15, 0.2) is 0 Å². The quantitative estimate of drug-likeness (QED) is 0.660. The summed E-state index contributed by atoms with van der Waals surface area (Å²) >= 11 is 0. The zero-order valence-corrected chi connectivity index (χ0v) is 8.28. The van der Waals surface area contributed by atoms with E-state index in [2.05, 4.69) is 4.90 Å². The van der Waals surface area contributed by atoms with Crippen LogP contribution >= 0.6 is 0 Å². The standard InChI is InChI=1S/C11H20N2/c12-10-2-1-3-11(10)13-7-8-4-5-9(13)6-8/h8-11H,1-7,12H2. The van der Waals surface area contributed by atoms with Crippen molar-refractivity contribution in [1.82, 2.24) is 4.90 Å². The molecular weight excluding hydrogens is 160 g/mol. The fourth-order valence-corrected chi connectivity index (χ4v) is 3.75. The lowest BCUT2D eigenvalue weighted by Crippen LogP contribution is -2.47. The van der Waals surface area contributed by atoms with Crippen LogP contribution in [-0.4, -0.2) is 29.6 Å². The SMILES string of the molecule is NC1CCCC1N1CC2CCC1C2. The number of nitrogens with zero attached hydrogens (tertiary/aromatic N) is 1. The second-order valence-electron chi connectivity index (χ2n) is 5.19. The minimum Gasteiger partial charge on any atom is -0.326 e. The van der Waals surface area contributed by atoms with E-state index in [0.717, 1.165) is 18.0 Å². The van der Waals surface area contributed by atoms with E-state index in [0.29, 0.717) is 6.04 Å². The molecule has 2 N–H and O–H groups in total. The minimum atomic E-state index is 0.486. The van der Waals surface area contributed by atoms with E-state index in [1.807, 2.05) is 0 Å². The van der Waals surface area contributed by atoms with Gasteiger partial charge in [-0.15, -0.1) is 0 Å². The van der Waals surface area contributed by atoms with Gasteiger partial charge in [-0.1, -0.05) is 6.42 Å². The fourth-order valence-electron chi connectivity index (χ4n) is 3.75. The average molecular weight is 180 g/mol. The smallest absolute Gasteiger partial charge is 0.0250 e. The number of likely N-dealkylation sites (tertiary alicyclic amines) is 1. The van der Waals surface area contributed by atoms with Gasteiger partial charge in [0, 0.05) is 24.7 Å². The molecule has 3 rings (SSSR count). The maximum absolute atomic E-state index is 6.15. The molecule has 0 aromatic heterocycles. The molecule has 0 aromatic carbocycles. The Labute approximate surface area is 80.5 Å². The van der Waals surface area contributed by atoms with Crippen molar-refractivity contribution in [2.75, 3.05) is 6.54 Å². The second kappa shape index (κ2) is 2.96. The summed E-state index contributed by atoms with van der Waals surface area (Å²) in [4.78, 5) is 2.74. The van der Waals surface area contributed by atoms with Gasteiger partial charge in [0.2, 0.25) is 0 Å². The highest BCUT2D eigenvalue weighted by molar-refractivity contribution is 4.99. The normalized spacial score (nSPS) is 50.5. The first-order valence-corrected chi connectivity index (χ1v) is 5.86. The van der Waals surface area contributed by atoms with Gasteiger partial charge in [0.15, 0.2) is 0 Å². The molecule has 2 aliphatic carbocycles. The van der Waals surface area contributed by atoms with Crippen molar-refractivity contribution in [3.05, 3.63) is 0 Å². The van der Waals surface area contributed by atoms with Gasteiger partial charge in [0.1, 0.15) is 0 Å². The number of hydrogen-bond acceptors (Lipinski definition) is 2. The summed E-state index contributed by atoms with van der Waals surface area (Å²) in [6.07, 6.45) is 8.41. The van der Waals surface area contributed by atoms with Crippen molar-refractivity contribution in [3.63, 3.8) is 0 Å². The summed E-state index contributed by atoms with van der Waals surface area (Å²) in [7, 11) is 0. The molecule has 0 radical (unpaired) electrons. The summed E-state index contributed by atoms with van der Waals surface area (Å²) < 4.78 is 0. The Bertz CT molecular complexity index is 204. The zero-order valence-electron chi connectivity index (χ0n) is 8.28. The summed E-state index contributed by atoms with van der Waals surface area (Å²) in [6, 6.07) is 2.15. The lowest BCUT2D eigenvalue weighted by molar-refractivity contribution is 0.140. The molecule has 2 nitrogen and oxygen atoms in total. The van der Waals surface area contributed by atoms with Gasteiger partial charge in [0.25, 0.3) is 0 Å². The molecule has 13 heavy (non-hydrogen) atoms. The second-order valence-corrected chi connectivity index (χ2v) is 5.19. The van der Waals surface area contributed by atoms with Crippen LogP contribution in [0.25, 0.3) is 0 Å². The van der Waals surface area contributed by atoms with Gasteiger partial charge < -0.3 is 5.73 Å². The van der Waals surface area contributed by atoms with E-state index in [1.54, 1.807) is 0 Å². The third-order valence-electron chi connectivity index (χ3n) is 4.41. The van der Waals surface area contributed by atoms with Crippen molar-refractivity contribution in [1.29, 1.82) is 0 Å². The largest absolute Gasteiger partial charge is 0.326 e. The molecule has 2 bridgehead atoms. The lowest BCUT2D eigenvalue weighted by atomic mass is 10.1. The van der Waals surface area contributed by atoms with Crippen LogP contribution in [0, 0.1) is 5.92 Å². The molecule has 4 unspecified atom stereocenters. The first kappa shape index (κ1) is 8.25. The lowest BCUT2D eigenvalue weighted by Gasteiger charge is -2.34. The van der Waals surface area contributed by atoms with E-state index in [9.17, 15) is 0 Å². The Balaban J connectivity index is 1.72. The van der Waals surface area contributed by atoms with Crippen LogP contribution in [0.3, 0.4) is 0 Å². The Kier molecular flexibility index (Phi) is 1.88. The number of fused-ring (bicyclic) bond motifs is 2. The van der Waals surface area contributed by atoms with Gasteiger partial charge in [-0.05, 0) is 38.0 Å². The maximum atomic E-state index is 6.15. The van der Waals surface area contributed by atoms with E-state index in [4.69, 9.17) is 5.73 Å². The first-order valence-electron chi connectivity index (χ1n) is 5.86. The van der Waals surface area contributed by atoms with Crippen LogP contribution in [0.5, 0.6) is 0 Å². The van der Waals surface area contributed by atoms with Crippen LogP contribution in [-0.2, 0) is 0 Å². The van der Waals surface area contributed by atoms with Crippen LogP contribution in [0.1, 0.15) is 38.5 Å². The van der Waals surface area contributed by atoms with Crippen molar-refractivity contribution >= 4 is 0 Å². The van der Waals surface area contributed by atoms with Crippen LogP contribution < -0.4 is 5.73 Å². The monoisotopic (exact) mass is 180 g/mol. The maximum Gasteiger partial charge on any atom is 0.0250 e. The number of nitrogens with two attached hydrogens (primary N) is 1. The van der Waals surface area contributed by atoms with Crippen LogP contribution in [0.4, 0.5) is 0 Å². The van der Waals surface area contributed by atoms with E-state index in [1.165, 1.54) is 45.1 Å². The average Bonchev–Trinajstić information content (AvgIpc) is 2.77. The van der Waals surface area contributed by atoms with Crippen molar-refractivity contribution < 1.29 is 0 Å². The predicted molar refractivity (Wildman–Crippen MR) is 53.4 cm³/mol. The van der Waals surface area contributed by atoms with Gasteiger partial charge >= 0.3 is 0 Å². The fraction of sp³-hybridized carbons (Fsp3) is 1.00. The van der Waals surface area contributed by atoms with Crippen molar-refractivity contribution in [2.24, 2.45) is 11.7 Å². The highest BCUT2D eigenvalue weighted by Gasteiger charge is 2.43. The molecular formula is C11H20N2. The van der Waals surface area contributed by atoms with Crippen molar-refractivity contribution in [3.8, 4) is 0 Å². The molecule has 3 aliphatic rings. The molecule has 1 aliphatic heterocycles. The molecule has 4 atom stereocenters. The Hall–Kier alpha value is -0.0800. The molecule has 1 heterocycles. The topological polar surface area (TPSA) is 29.3 Å². The summed E-state index contributed by atoms with van der Waals surface area (Å²) in [6.45, 7) is 1.36. The summed E-state index contributed by atoms with van der Waals surface area (Å²) in [5.74, 6) is 1.03. The van der Waals surface area contributed by atoms with Gasteiger partial charge in [0.05, 0.1) is 0 Å². The predicted octanol–water partition coefficient (Wildman–Crippen LogP) is 1.35. The third kappa shape index (κ3) is 1.23. The molecule has 3 fully saturated rings. The van der Waals surface area contributed by atoms with E-state index in [-0.39, 0.29) is 0 Å². The molecule has 0 spiro atoms. The first-order chi connectivity index (χ1) is 6.34. The summed E-state index contributed by atoms with van der Waals surface area (Å²) in [5, 5.41) is 0. The molecule has 2 heteroatoms. The molecule has 2 saturated carbocycles. The molecule has 0 amide bonds. The van der Waals surface area contributed by atoms with Crippen molar-refractivity contribution in [2.45, 2.75) is 56.7 Å². The highest BCUT2D eigenvalue weighted by atomic mass is 15.2. The van der Waals surface area contributed by atoms with E-state index < -0.39 is 0 Å². The molecule has 0 aromatic rings. The van der Waals surface area contributed by atoms with E-state index >= 15 is 0 Å². The zero-order chi connectivity index (χ0) is 8.84. The minimum absolute atomic E-state index is 0.486. The Morgan fingerprint density at radius 3 is 2.54 bits per heavy atom. The summed E-state index contributed by atoms with van der Waals surface area (Å²) in [5.41, 5.74) is 6.15. The molecule has 1 saturated heterocycles. The van der Waals surface area contributed by atoms with Gasteiger partial charge in [-0.2, -0.15) is 0 Å². The Morgan fingerprint density at radius 1 is 1.08 bits per heavy atom. The Morgan fingerprint density at radius 2 is 2.00 bits per heavy atom. The van der Waals surface area contributed by atoms with Gasteiger partial charge in [-0.3, -0.25) is 4.90 Å². The highest BCUT2D eigenvalue weighted by Crippen LogP contribution is 2.41. The number of rotatable bonds is 1. The number of hydrogen-bond donors (Lipinski definition) is 1.